The van der Waals surface area contributed by atoms with E-state index in [1.54, 1.807) is 18.5 Å². The van der Waals surface area contributed by atoms with E-state index in [0.717, 1.165) is 51.2 Å². The highest BCUT2D eigenvalue weighted by Gasteiger charge is 2.30. The van der Waals surface area contributed by atoms with Crippen molar-refractivity contribution >= 4 is 27.3 Å². The van der Waals surface area contributed by atoms with Crippen molar-refractivity contribution in [2.75, 3.05) is 75.8 Å². The molecule has 1 aromatic carbocycles. The first kappa shape index (κ1) is 24.3. The van der Waals surface area contributed by atoms with Crippen molar-refractivity contribution in [3.05, 3.63) is 46.8 Å². The molecular weight excluding hydrogens is 462 g/mol. The predicted molar refractivity (Wildman–Crippen MR) is 126 cm³/mol. The molecule has 184 valence electrons. The van der Waals surface area contributed by atoms with Gasteiger partial charge in [-0.25, -0.2) is 18.4 Å². The molecular formula is C21H29N7O5S. The molecule has 12 nitrogen and oxygen atoms in total. The van der Waals surface area contributed by atoms with Gasteiger partial charge in [0.15, 0.2) is 0 Å². The van der Waals surface area contributed by atoms with Crippen LogP contribution < -0.4 is 10.2 Å². The number of nitro groups is 1. The summed E-state index contributed by atoms with van der Waals surface area (Å²) in [4.78, 5) is 23.7. The Morgan fingerprint density at radius 2 is 1.76 bits per heavy atom. The first-order chi connectivity index (χ1) is 16.4. The lowest BCUT2D eigenvalue weighted by molar-refractivity contribution is -0.385. The van der Waals surface area contributed by atoms with Crippen LogP contribution in [0.2, 0.25) is 0 Å². The molecule has 0 bridgehead atoms. The molecule has 1 aromatic heterocycles. The van der Waals surface area contributed by atoms with Crippen LogP contribution in [-0.4, -0.2) is 98.1 Å². The minimum absolute atomic E-state index is 0.0694. The van der Waals surface area contributed by atoms with Crippen LogP contribution in [0.4, 0.5) is 17.3 Å². The number of ether oxygens (including phenoxy) is 1. The van der Waals surface area contributed by atoms with Crippen molar-refractivity contribution < 1.29 is 18.1 Å². The summed E-state index contributed by atoms with van der Waals surface area (Å²) in [5, 5.41) is 14.4. The van der Waals surface area contributed by atoms with Crippen LogP contribution in [0.5, 0.6) is 0 Å². The Bertz CT molecular complexity index is 1070. The number of piperazine rings is 1. The second-order valence-corrected chi connectivity index (χ2v) is 10.0. The molecule has 0 atom stereocenters. The van der Waals surface area contributed by atoms with Gasteiger partial charge in [-0.15, -0.1) is 0 Å². The number of benzene rings is 1. The largest absolute Gasteiger partial charge is 0.384 e. The molecule has 0 spiro atoms. The molecule has 0 saturated carbocycles. The van der Waals surface area contributed by atoms with Crippen LogP contribution in [0.15, 0.2) is 41.6 Å². The van der Waals surface area contributed by atoms with E-state index in [9.17, 15) is 18.5 Å². The maximum Gasteiger partial charge on any atom is 0.270 e. The van der Waals surface area contributed by atoms with Crippen LogP contribution in [0, 0.1) is 10.1 Å². The Morgan fingerprint density at radius 3 is 2.44 bits per heavy atom. The Hall–Kier alpha value is -2.87. The summed E-state index contributed by atoms with van der Waals surface area (Å²) in [6.07, 6.45) is 4.29. The summed E-state index contributed by atoms with van der Waals surface area (Å²) in [5.41, 5.74) is 0.126. The van der Waals surface area contributed by atoms with Gasteiger partial charge in [-0.2, -0.15) is 4.31 Å². The maximum atomic E-state index is 13.2. The van der Waals surface area contributed by atoms with Gasteiger partial charge in [-0.1, -0.05) is 0 Å². The van der Waals surface area contributed by atoms with Gasteiger partial charge in [0.05, 0.1) is 23.8 Å². The lowest BCUT2D eigenvalue weighted by Gasteiger charge is -2.34. The highest BCUT2D eigenvalue weighted by molar-refractivity contribution is 7.89. The van der Waals surface area contributed by atoms with Gasteiger partial charge in [-0.3, -0.25) is 15.0 Å². The zero-order valence-electron chi connectivity index (χ0n) is 18.9. The molecule has 0 unspecified atom stereocenters. The average molecular weight is 492 g/mol. The third-order valence-corrected chi connectivity index (χ3v) is 7.88. The van der Waals surface area contributed by atoms with E-state index in [1.807, 2.05) is 0 Å². The second-order valence-electron chi connectivity index (χ2n) is 8.11. The Kier molecular flexibility index (Phi) is 7.88. The number of anilines is 2. The summed E-state index contributed by atoms with van der Waals surface area (Å²) in [6.45, 7) is 5.96. The smallest absolute Gasteiger partial charge is 0.270 e. The molecule has 0 amide bonds. The van der Waals surface area contributed by atoms with Gasteiger partial charge < -0.3 is 15.0 Å². The van der Waals surface area contributed by atoms with E-state index >= 15 is 0 Å². The number of morpholine rings is 1. The molecule has 2 aliphatic heterocycles. The van der Waals surface area contributed by atoms with E-state index in [0.29, 0.717) is 25.4 Å². The highest BCUT2D eigenvalue weighted by Crippen LogP contribution is 2.29. The van der Waals surface area contributed by atoms with E-state index in [2.05, 4.69) is 25.1 Å². The standard InChI is InChI=1S/C21H29N7O5S/c29-28(30)18-3-4-19(20(17-18)34(31,32)27-13-15-33-16-14-27)22-7-2-8-25-9-11-26(12-10-25)21-23-5-1-6-24-21/h1,3-6,17,22H,2,7-16H2. The molecule has 2 saturated heterocycles. The third kappa shape index (κ3) is 5.78. The molecule has 3 heterocycles. The summed E-state index contributed by atoms with van der Waals surface area (Å²) >= 11 is 0. The van der Waals surface area contributed by atoms with Crippen LogP contribution in [0.25, 0.3) is 0 Å². The van der Waals surface area contributed by atoms with Crippen molar-refractivity contribution in [1.29, 1.82) is 0 Å². The first-order valence-electron chi connectivity index (χ1n) is 11.3. The lowest BCUT2D eigenvalue weighted by atomic mass is 10.2. The Labute approximate surface area is 198 Å². The Morgan fingerprint density at radius 1 is 1.06 bits per heavy atom. The van der Waals surface area contributed by atoms with Gasteiger partial charge in [-0.05, 0) is 25.1 Å². The van der Waals surface area contributed by atoms with Crippen molar-refractivity contribution in [3.8, 4) is 0 Å². The van der Waals surface area contributed by atoms with Gasteiger partial charge in [0.25, 0.3) is 5.69 Å². The molecule has 4 rings (SSSR count). The van der Waals surface area contributed by atoms with Crippen molar-refractivity contribution in [2.24, 2.45) is 0 Å². The number of nitro benzene ring substituents is 1. The quantitative estimate of drug-likeness (QED) is 0.308. The fraction of sp³-hybridized carbons (Fsp3) is 0.524. The minimum Gasteiger partial charge on any atom is -0.384 e. The highest BCUT2D eigenvalue weighted by atomic mass is 32.2. The molecule has 34 heavy (non-hydrogen) atoms. The summed E-state index contributed by atoms with van der Waals surface area (Å²) in [6, 6.07) is 5.74. The number of sulfonamides is 1. The van der Waals surface area contributed by atoms with E-state index in [1.165, 1.54) is 16.4 Å². The zero-order chi connectivity index (χ0) is 24.0. The number of nitrogens with zero attached hydrogens (tertiary/aromatic N) is 6. The number of hydrogen-bond acceptors (Lipinski definition) is 10. The second kappa shape index (κ2) is 11.0. The molecule has 0 aliphatic carbocycles. The number of aromatic nitrogens is 2. The van der Waals surface area contributed by atoms with Gasteiger partial charge >= 0.3 is 0 Å². The predicted octanol–water partition coefficient (Wildman–Crippen LogP) is 1.03. The fourth-order valence-electron chi connectivity index (χ4n) is 4.06. The molecule has 2 aliphatic rings. The number of rotatable bonds is 9. The van der Waals surface area contributed by atoms with E-state index < -0.39 is 14.9 Å². The minimum atomic E-state index is -3.88. The molecule has 2 aromatic rings. The topological polar surface area (TPSA) is 134 Å². The van der Waals surface area contributed by atoms with Crippen molar-refractivity contribution in [1.82, 2.24) is 19.2 Å². The number of non-ortho nitro benzene ring substituents is 1. The number of nitrogens with one attached hydrogen (secondary N) is 1. The normalized spacial score (nSPS) is 18.1. The van der Waals surface area contributed by atoms with Crippen LogP contribution in [-0.2, 0) is 14.8 Å². The summed E-state index contributed by atoms with van der Waals surface area (Å²) in [7, 11) is -3.88. The monoisotopic (exact) mass is 491 g/mol. The average Bonchev–Trinajstić information content (AvgIpc) is 2.88. The number of hydrogen-bond donors (Lipinski definition) is 1. The molecule has 13 heteroatoms. The molecule has 0 radical (unpaired) electrons. The van der Waals surface area contributed by atoms with Gasteiger partial charge in [0, 0.05) is 70.3 Å². The SMILES string of the molecule is O=[N+]([O-])c1ccc(NCCCN2CCN(c3ncccn3)CC2)c(S(=O)(=O)N2CCOCC2)c1. The van der Waals surface area contributed by atoms with E-state index in [4.69, 9.17) is 4.74 Å². The zero-order valence-corrected chi connectivity index (χ0v) is 19.7. The van der Waals surface area contributed by atoms with Crippen LogP contribution in [0.3, 0.4) is 0 Å². The first-order valence-corrected chi connectivity index (χ1v) is 12.7. The van der Waals surface area contributed by atoms with Crippen LogP contribution >= 0.6 is 0 Å². The Balaban J connectivity index is 1.33. The van der Waals surface area contributed by atoms with Crippen LogP contribution in [0.1, 0.15) is 6.42 Å². The fourth-order valence-corrected chi connectivity index (χ4v) is 5.66. The third-order valence-electron chi connectivity index (χ3n) is 5.94. The van der Waals surface area contributed by atoms with Crippen molar-refractivity contribution in [3.63, 3.8) is 0 Å². The molecule has 2 fully saturated rings. The summed E-state index contributed by atoms with van der Waals surface area (Å²) in [5.74, 6) is 0.746. The van der Waals surface area contributed by atoms with E-state index in [-0.39, 0.29) is 23.7 Å². The van der Waals surface area contributed by atoms with Crippen molar-refractivity contribution in [2.45, 2.75) is 11.3 Å². The van der Waals surface area contributed by atoms with Gasteiger partial charge in [0.2, 0.25) is 16.0 Å². The van der Waals surface area contributed by atoms with Gasteiger partial charge in [0.1, 0.15) is 4.90 Å². The molecule has 1 N–H and O–H groups in total. The summed E-state index contributed by atoms with van der Waals surface area (Å²) < 4.78 is 33.0. The maximum absolute atomic E-state index is 13.2. The lowest BCUT2D eigenvalue weighted by Crippen LogP contribution is -2.47.